The van der Waals surface area contributed by atoms with E-state index in [1.54, 1.807) is 12.1 Å². The summed E-state index contributed by atoms with van der Waals surface area (Å²) in [6.07, 6.45) is 4.30. The zero-order valence-corrected chi connectivity index (χ0v) is 16.6. The van der Waals surface area contributed by atoms with Gasteiger partial charge in [0.25, 0.3) is 11.8 Å². The summed E-state index contributed by atoms with van der Waals surface area (Å²) in [5.74, 6) is 0.873. The predicted octanol–water partition coefficient (Wildman–Crippen LogP) is 3.77. The van der Waals surface area contributed by atoms with Crippen molar-refractivity contribution in [1.29, 1.82) is 0 Å². The number of furan rings is 1. The topological polar surface area (TPSA) is 80.6 Å². The summed E-state index contributed by atoms with van der Waals surface area (Å²) >= 11 is 0. The minimum Gasteiger partial charge on any atom is -0.484 e. The lowest BCUT2D eigenvalue weighted by Gasteiger charge is -2.11. The molecule has 1 aromatic heterocycles. The van der Waals surface area contributed by atoms with Gasteiger partial charge in [-0.25, -0.2) is 0 Å². The van der Waals surface area contributed by atoms with Gasteiger partial charge in [0.1, 0.15) is 17.1 Å². The molecule has 150 valence electrons. The van der Waals surface area contributed by atoms with Crippen molar-refractivity contribution in [2.45, 2.75) is 39.5 Å². The van der Waals surface area contributed by atoms with E-state index < -0.39 is 5.91 Å². The van der Waals surface area contributed by atoms with Crippen LogP contribution in [0.25, 0.3) is 11.0 Å². The van der Waals surface area contributed by atoms with Gasteiger partial charge in [-0.05, 0) is 62.9 Å². The Morgan fingerprint density at radius 1 is 1.03 bits per heavy atom. The molecule has 0 unspecified atom stereocenters. The maximum absolute atomic E-state index is 12.2. The highest BCUT2D eigenvalue weighted by molar-refractivity contribution is 5.96. The van der Waals surface area contributed by atoms with Gasteiger partial charge >= 0.3 is 0 Å². The molecule has 0 atom stereocenters. The van der Waals surface area contributed by atoms with Crippen LogP contribution in [0.3, 0.4) is 0 Å². The van der Waals surface area contributed by atoms with Crippen LogP contribution in [0.15, 0.2) is 40.8 Å². The molecule has 0 radical (unpaired) electrons. The second kappa shape index (κ2) is 7.99. The fraction of sp³-hybridized carbons (Fsp3) is 0.304. The molecule has 1 aliphatic rings. The lowest BCUT2D eigenvalue weighted by molar-refractivity contribution is -0.123. The van der Waals surface area contributed by atoms with Crippen molar-refractivity contribution >= 4 is 22.8 Å². The number of benzene rings is 2. The van der Waals surface area contributed by atoms with E-state index in [0.29, 0.717) is 11.3 Å². The monoisotopic (exact) mass is 392 g/mol. The molecule has 2 N–H and O–H groups in total. The van der Waals surface area contributed by atoms with E-state index in [1.165, 1.54) is 5.56 Å². The first-order valence-electron chi connectivity index (χ1n) is 9.85. The molecule has 6 nitrogen and oxygen atoms in total. The zero-order valence-electron chi connectivity index (χ0n) is 16.6. The Morgan fingerprint density at radius 3 is 2.69 bits per heavy atom. The van der Waals surface area contributed by atoms with Crippen molar-refractivity contribution in [2.24, 2.45) is 0 Å². The molecule has 0 aliphatic heterocycles. The summed E-state index contributed by atoms with van der Waals surface area (Å²) in [6.45, 7) is 3.63. The third-order valence-electron chi connectivity index (χ3n) is 5.24. The van der Waals surface area contributed by atoms with Crippen LogP contribution in [0.2, 0.25) is 0 Å². The third-order valence-corrected chi connectivity index (χ3v) is 5.24. The number of hydrazine groups is 1. The number of carbonyl (C=O) groups is 2. The summed E-state index contributed by atoms with van der Waals surface area (Å²) < 4.78 is 11.5. The van der Waals surface area contributed by atoms with Crippen LogP contribution in [0.4, 0.5) is 0 Å². The molecule has 1 heterocycles. The number of hydrogen-bond acceptors (Lipinski definition) is 4. The van der Waals surface area contributed by atoms with Gasteiger partial charge in [0.05, 0.1) is 0 Å². The van der Waals surface area contributed by atoms with Crippen LogP contribution >= 0.6 is 0 Å². The number of hydrogen-bond donors (Lipinski definition) is 2. The Morgan fingerprint density at radius 2 is 1.86 bits per heavy atom. The van der Waals surface area contributed by atoms with Gasteiger partial charge in [-0.3, -0.25) is 20.4 Å². The number of ether oxygens (including phenoxy) is 1. The first-order valence-corrected chi connectivity index (χ1v) is 9.85. The fourth-order valence-electron chi connectivity index (χ4n) is 3.78. The lowest BCUT2D eigenvalue weighted by Crippen LogP contribution is -2.44. The second-order valence-electron chi connectivity index (χ2n) is 7.48. The molecule has 0 bridgehead atoms. The molecule has 4 rings (SSSR count). The van der Waals surface area contributed by atoms with Crippen LogP contribution in [-0.2, 0) is 17.6 Å². The summed E-state index contributed by atoms with van der Waals surface area (Å²) in [4.78, 5) is 24.3. The molecule has 0 saturated heterocycles. The number of rotatable bonds is 4. The van der Waals surface area contributed by atoms with Crippen molar-refractivity contribution in [3.63, 3.8) is 0 Å². The average molecular weight is 392 g/mol. The van der Waals surface area contributed by atoms with Gasteiger partial charge in [-0.15, -0.1) is 0 Å². The maximum atomic E-state index is 12.2. The molecular formula is C23H24N2O4. The van der Waals surface area contributed by atoms with Crippen LogP contribution in [-0.4, -0.2) is 18.4 Å². The highest BCUT2D eigenvalue weighted by atomic mass is 16.5. The highest BCUT2D eigenvalue weighted by Gasteiger charge is 2.18. The van der Waals surface area contributed by atoms with Gasteiger partial charge in [0.2, 0.25) is 0 Å². The van der Waals surface area contributed by atoms with E-state index in [2.05, 4.69) is 10.9 Å². The smallest absolute Gasteiger partial charge is 0.276 e. The van der Waals surface area contributed by atoms with Gasteiger partial charge < -0.3 is 9.15 Å². The van der Waals surface area contributed by atoms with E-state index in [4.69, 9.17) is 9.15 Å². The number of fused-ring (bicyclic) bond motifs is 3. The molecular weight excluding hydrogens is 368 g/mol. The Bertz CT molecular complexity index is 1080. The second-order valence-corrected chi connectivity index (χ2v) is 7.48. The summed E-state index contributed by atoms with van der Waals surface area (Å²) in [5, 5.41) is 1.06. The average Bonchev–Trinajstić information content (AvgIpc) is 3.08. The van der Waals surface area contributed by atoms with Crippen LogP contribution < -0.4 is 15.6 Å². The van der Waals surface area contributed by atoms with Crippen LogP contribution in [0.1, 0.15) is 45.7 Å². The molecule has 6 heteroatoms. The quantitative estimate of drug-likeness (QED) is 0.663. The molecule has 0 spiro atoms. The minimum atomic E-state index is -0.433. The lowest BCUT2D eigenvalue weighted by atomic mass is 9.96. The highest BCUT2D eigenvalue weighted by Crippen LogP contribution is 2.33. The standard InChI is InChI=1S/C23H24N2O4/c1-14-7-9-17(15(2)11-14)23(27)25-24-22(26)13-28-16-8-10-21-19(12-16)18-5-3-4-6-20(18)29-21/h7-12H,3-6,13H2,1-2H3,(H,24,26)(H,25,27). The van der Waals surface area contributed by atoms with E-state index in [1.807, 2.05) is 38.1 Å². The van der Waals surface area contributed by atoms with Gasteiger partial charge in [-0.1, -0.05) is 17.7 Å². The van der Waals surface area contributed by atoms with E-state index >= 15 is 0 Å². The van der Waals surface area contributed by atoms with Gasteiger partial charge in [-0.2, -0.15) is 0 Å². The Balaban J connectivity index is 1.34. The summed E-state index contributed by atoms with van der Waals surface area (Å²) in [6, 6.07) is 11.1. The number of nitrogens with one attached hydrogen (secondary N) is 2. The largest absolute Gasteiger partial charge is 0.484 e. The molecule has 0 saturated carbocycles. The van der Waals surface area contributed by atoms with E-state index in [9.17, 15) is 9.59 Å². The zero-order chi connectivity index (χ0) is 20.4. The van der Waals surface area contributed by atoms with Gasteiger partial charge in [0, 0.05) is 22.9 Å². The number of aryl methyl sites for hydroxylation is 4. The normalized spacial score (nSPS) is 13.0. The minimum absolute atomic E-state index is 0.196. The Labute approximate surface area is 169 Å². The molecule has 1 aliphatic carbocycles. The molecule has 2 amide bonds. The Kier molecular flexibility index (Phi) is 5.25. The van der Waals surface area contributed by atoms with Crippen LogP contribution in [0, 0.1) is 13.8 Å². The summed E-state index contributed by atoms with van der Waals surface area (Å²) in [5.41, 5.74) is 9.38. The van der Waals surface area contributed by atoms with Crippen molar-refractivity contribution in [2.75, 3.05) is 6.61 Å². The van der Waals surface area contributed by atoms with Crippen molar-refractivity contribution in [1.82, 2.24) is 10.9 Å². The molecule has 3 aromatic rings. The first kappa shape index (κ1) is 19.1. The Hall–Kier alpha value is -3.28. The number of carbonyl (C=O) groups excluding carboxylic acids is 2. The number of amides is 2. The maximum Gasteiger partial charge on any atom is 0.276 e. The predicted molar refractivity (Wildman–Crippen MR) is 110 cm³/mol. The van der Waals surface area contributed by atoms with Crippen molar-refractivity contribution in [3.05, 3.63) is 64.4 Å². The molecule has 29 heavy (non-hydrogen) atoms. The first-order chi connectivity index (χ1) is 14.0. The molecule has 0 fully saturated rings. The third kappa shape index (κ3) is 4.11. The van der Waals surface area contributed by atoms with Crippen molar-refractivity contribution in [3.8, 4) is 5.75 Å². The van der Waals surface area contributed by atoms with E-state index in [-0.39, 0.29) is 12.5 Å². The summed E-state index contributed by atoms with van der Waals surface area (Å²) in [7, 11) is 0. The van der Waals surface area contributed by atoms with E-state index in [0.717, 1.165) is 53.5 Å². The van der Waals surface area contributed by atoms with Crippen LogP contribution in [0.5, 0.6) is 5.75 Å². The van der Waals surface area contributed by atoms with Crippen molar-refractivity contribution < 1.29 is 18.7 Å². The fourth-order valence-corrected chi connectivity index (χ4v) is 3.78. The van der Waals surface area contributed by atoms with Gasteiger partial charge in [0.15, 0.2) is 6.61 Å². The SMILES string of the molecule is Cc1ccc(C(=O)NNC(=O)COc2ccc3oc4c(c3c2)CCCC4)c(C)c1. The molecule has 2 aromatic carbocycles.